The third-order valence-electron chi connectivity index (χ3n) is 7.90. The van der Waals surface area contributed by atoms with Crippen LogP contribution in [-0.2, 0) is 28.6 Å². The molecule has 0 N–H and O–H groups in total. The van der Waals surface area contributed by atoms with Crippen LogP contribution in [0.25, 0.3) is 0 Å². The van der Waals surface area contributed by atoms with Crippen LogP contribution in [-0.4, -0.2) is 37.7 Å². The van der Waals surface area contributed by atoms with Gasteiger partial charge in [-0.15, -0.1) is 0 Å². The van der Waals surface area contributed by atoms with Crippen molar-refractivity contribution in [1.29, 1.82) is 15.8 Å². The van der Waals surface area contributed by atoms with Crippen LogP contribution in [0.5, 0.6) is 0 Å². The molecular weight excluding hydrogens is 426 g/mol. The van der Waals surface area contributed by atoms with Crippen LogP contribution in [0.3, 0.4) is 0 Å². The Morgan fingerprint density at radius 1 is 0.727 bits per heavy atom. The summed E-state index contributed by atoms with van der Waals surface area (Å²) in [5, 5.41) is 28.1. The van der Waals surface area contributed by atoms with Gasteiger partial charge in [0.2, 0.25) is 0 Å². The second kappa shape index (κ2) is 8.34. The predicted octanol–water partition coefficient (Wildman–Crippen LogP) is 2.66. The summed E-state index contributed by atoms with van der Waals surface area (Å²) >= 11 is 0. The van der Waals surface area contributed by atoms with Gasteiger partial charge in [-0.3, -0.25) is 14.4 Å². The zero-order chi connectivity index (χ0) is 24.7. The van der Waals surface area contributed by atoms with Gasteiger partial charge in [-0.2, -0.15) is 15.8 Å². The van der Waals surface area contributed by atoms with Crippen molar-refractivity contribution in [3.8, 4) is 18.2 Å². The van der Waals surface area contributed by atoms with Crippen LogP contribution in [0.2, 0.25) is 0 Å². The average Bonchev–Trinajstić information content (AvgIpc) is 3.76. The molecule has 0 aromatic heterocycles. The second-order valence-corrected chi connectivity index (χ2v) is 10.1. The van der Waals surface area contributed by atoms with E-state index in [1.54, 1.807) is 27.7 Å². The number of carbonyl (C=O) groups is 3. The zero-order valence-corrected chi connectivity index (χ0v) is 19.5. The van der Waals surface area contributed by atoms with Crippen molar-refractivity contribution < 1.29 is 28.6 Å². The minimum atomic E-state index is -1.17. The monoisotopic (exact) mass is 455 g/mol. The first-order valence-corrected chi connectivity index (χ1v) is 11.3. The summed E-state index contributed by atoms with van der Waals surface area (Å²) in [7, 11) is 0. The number of nitrogens with zero attached hydrogens (tertiary/aromatic N) is 3. The molecule has 0 amide bonds. The number of ether oxygens (including phenoxy) is 3. The molecule has 0 bridgehead atoms. The molecule has 6 atom stereocenters. The Morgan fingerprint density at radius 2 is 0.970 bits per heavy atom. The third-order valence-corrected chi connectivity index (χ3v) is 7.90. The van der Waals surface area contributed by atoms with Crippen molar-refractivity contribution in [2.24, 2.45) is 39.4 Å². The van der Waals surface area contributed by atoms with E-state index in [0.717, 1.165) is 0 Å². The number of nitriles is 3. The zero-order valence-electron chi connectivity index (χ0n) is 19.5. The SMILES string of the molecule is CCC(COC(=O)C1(C#N)CC1C)(COC(=O)C1(C#N)CC1C)COC(=O)C1(C#N)CC1C. The first kappa shape index (κ1) is 24.5. The van der Waals surface area contributed by atoms with E-state index in [-0.39, 0.29) is 37.6 Å². The van der Waals surface area contributed by atoms with Gasteiger partial charge in [-0.05, 0) is 43.4 Å². The lowest BCUT2D eigenvalue weighted by atomic mass is 9.87. The molecule has 6 unspecified atom stereocenters. The summed E-state index contributed by atoms with van der Waals surface area (Å²) in [5.41, 5.74) is -4.58. The standard InChI is InChI=1S/C24H29N3O6/c1-5-21(12-31-18(28)22(9-25)6-15(22)2,13-32-19(29)23(10-26)7-16(23)3)14-33-20(30)24(11-27)8-17(24)4/h15-17H,5-8,12-14H2,1-4H3. The summed E-state index contributed by atoms with van der Waals surface area (Å²) in [4.78, 5) is 37.7. The maximum absolute atomic E-state index is 12.6. The highest BCUT2D eigenvalue weighted by Crippen LogP contribution is 2.54. The van der Waals surface area contributed by atoms with E-state index in [2.05, 4.69) is 0 Å². The molecule has 3 aliphatic rings. The Bertz CT molecular complexity index is 868. The van der Waals surface area contributed by atoms with Crippen molar-refractivity contribution in [3.63, 3.8) is 0 Å². The lowest BCUT2D eigenvalue weighted by Crippen LogP contribution is -2.41. The molecule has 9 heteroatoms. The largest absolute Gasteiger partial charge is 0.464 e. The molecule has 176 valence electrons. The molecule has 3 rings (SSSR count). The van der Waals surface area contributed by atoms with Gasteiger partial charge in [-0.25, -0.2) is 0 Å². The highest BCUT2D eigenvalue weighted by Gasteiger charge is 2.62. The van der Waals surface area contributed by atoms with Gasteiger partial charge in [0.25, 0.3) is 0 Å². The van der Waals surface area contributed by atoms with Crippen molar-refractivity contribution in [3.05, 3.63) is 0 Å². The summed E-state index contributed by atoms with van der Waals surface area (Å²) in [6.45, 7) is 6.44. The molecule has 9 nitrogen and oxygen atoms in total. The number of rotatable bonds is 10. The highest BCUT2D eigenvalue weighted by atomic mass is 16.6. The number of esters is 3. The summed E-state index contributed by atoms with van der Waals surface area (Å²) in [5.74, 6) is -2.29. The van der Waals surface area contributed by atoms with Crippen LogP contribution in [0, 0.1) is 73.4 Å². The van der Waals surface area contributed by atoms with Crippen LogP contribution >= 0.6 is 0 Å². The van der Waals surface area contributed by atoms with Crippen molar-refractivity contribution in [2.45, 2.75) is 53.4 Å². The van der Waals surface area contributed by atoms with Crippen molar-refractivity contribution in [2.75, 3.05) is 19.8 Å². The highest BCUT2D eigenvalue weighted by molar-refractivity contribution is 5.85. The molecule has 0 heterocycles. The van der Waals surface area contributed by atoms with E-state index in [1.807, 2.05) is 18.2 Å². The second-order valence-electron chi connectivity index (χ2n) is 10.1. The van der Waals surface area contributed by atoms with Crippen LogP contribution < -0.4 is 0 Å². The fourth-order valence-electron chi connectivity index (χ4n) is 4.20. The average molecular weight is 456 g/mol. The molecule has 3 fully saturated rings. The lowest BCUT2D eigenvalue weighted by Gasteiger charge is -2.32. The van der Waals surface area contributed by atoms with E-state index >= 15 is 0 Å². The summed E-state index contributed by atoms with van der Waals surface area (Å²) in [6.07, 6.45) is 1.56. The third kappa shape index (κ3) is 4.04. The van der Waals surface area contributed by atoms with E-state index in [9.17, 15) is 30.2 Å². The Balaban J connectivity index is 1.71. The Morgan fingerprint density at radius 3 is 1.12 bits per heavy atom. The smallest absolute Gasteiger partial charge is 0.326 e. The molecule has 0 spiro atoms. The van der Waals surface area contributed by atoms with E-state index in [0.29, 0.717) is 25.7 Å². The van der Waals surface area contributed by atoms with Gasteiger partial charge in [-0.1, -0.05) is 27.7 Å². The number of hydrogen-bond acceptors (Lipinski definition) is 9. The lowest BCUT2D eigenvalue weighted by molar-refractivity contribution is -0.167. The molecular formula is C24H29N3O6. The van der Waals surface area contributed by atoms with Gasteiger partial charge in [0.15, 0.2) is 16.2 Å². The van der Waals surface area contributed by atoms with E-state index < -0.39 is 39.6 Å². The Hall–Kier alpha value is -3.12. The van der Waals surface area contributed by atoms with Gasteiger partial charge < -0.3 is 14.2 Å². The molecule has 3 saturated carbocycles. The van der Waals surface area contributed by atoms with E-state index in [4.69, 9.17) is 14.2 Å². The molecule has 0 radical (unpaired) electrons. The first-order chi connectivity index (χ1) is 15.5. The maximum Gasteiger partial charge on any atom is 0.326 e. The summed E-state index contributed by atoms with van der Waals surface area (Å²) in [6, 6.07) is 6.06. The van der Waals surface area contributed by atoms with Crippen molar-refractivity contribution in [1.82, 2.24) is 0 Å². The Labute approximate surface area is 193 Å². The van der Waals surface area contributed by atoms with Crippen LogP contribution in [0.4, 0.5) is 0 Å². The fourth-order valence-corrected chi connectivity index (χ4v) is 4.20. The molecule has 0 saturated heterocycles. The molecule has 0 aliphatic heterocycles. The summed E-state index contributed by atoms with van der Waals surface area (Å²) < 4.78 is 16.4. The normalized spacial score (nSPS) is 37.2. The van der Waals surface area contributed by atoms with Crippen LogP contribution in [0.15, 0.2) is 0 Å². The minimum Gasteiger partial charge on any atom is -0.464 e. The van der Waals surface area contributed by atoms with Gasteiger partial charge >= 0.3 is 17.9 Å². The van der Waals surface area contributed by atoms with Gasteiger partial charge in [0, 0.05) is 0 Å². The Kier molecular flexibility index (Phi) is 6.20. The number of hydrogen-bond donors (Lipinski definition) is 0. The van der Waals surface area contributed by atoms with Gasteiger partial charge in [0.05, 0.1) is 23.6 Å². The van der Waals surface area contributed by atoms with Crippen LogP contribution in [0.1, 0.15) is 53.4 Å². The molecule has 33 heavy (non-hydrogen) atoms. The topological polar surface area (TPSA) is 150 Å². The predicted molar refractivity (Wildman–Crippen MR) is 111 cm³/mol. The van der Waals surface area contributed by atoms with E-state index in [1.165, 1.54) is 0 Å². The molecule has 3 aliphatic carbocycles. The quantitative estimate of drug-likeness (QED) is 0.357. The number of carbonyl (C=O) groups excluding carboxylic acids is 3. The van der Waals surface area contributed by atoms with Crippen molar-refractivity contribution >= 4 is 17.9 Å². The maximum atomic E-state index is 12.6. The fraction of sp³-hybridized carbons (Fsp3) is 0.750. The first-order valence-electron chi connectivity index (χ1n) is 11.3. The minimum absolute atomic E-state index is 0.111. The van der Waals surface area contributed by atoms with Gasteiger partial charge in [0.1, 0.15) is 19.8 Å². The molecule has 0 aromatic rings. The molecule has 0 aromatic carbocycles.